The van der Waals surface area contributed by atoms with Gasteiger partial charge in [0.05, 0.1) is 23.7 Å². The number of aryl methyl sites for hydroxylation is 1. The first-order chi connectivity index (χ1) is 17.7. The lowest BCUT2D eigenvalue weighted by Gasteiger charge is -2.32. The van der Waals surface area contributed by atoms with Gasteiger partial charge >= 0.3 is 0 Å². The molecule has 0 bridgehead atoms. The van der Waals surface area contributed by atoms with Crippen LogP contribution in [0.15, 0.2) is 30.3 Å². The summed E-state index contributed by atoms with van der Waals surface area (Å²) in [4.78, 5) is 23.1. The Bertz CT molecular complexity index is 1420. The van der Waals surface area contributed by atoms with Gasteiger partial charge < -0.3 is 15.0 Å². The zero-order chi connectivity index (χ0) is 26.4. The molecular formula is C28H29F3N4O2. The second-order valence-electron chi connectivity index (χ2n) is 9.66. The van der Waals surface area contributed by atoms with Crippen LogP contribution >= 0.6 is 0 Å². The summed E-state index contributed by atoms with van der Waals surface area (Å²) < 4.78 is 47.5. The van der Waals surface area contributed by atoms with Crippen molar-refractivity contribution in [3.05, 3.63) is 64.2 Å². The molecule has 1 N–H and O–H groups in total. The molecule has 0 radical (unpaired) electrons. The summed E-state index contributed by atoms with van der Waals surface area (Å²) in [7, 11) is 0. The summed E-state index contributed by atoms with van der Waals surface area (Å²) >= 11 is 0. The number of carbonyl (C=O) groups excluding carboxylic acids is 1. The third kappa shape index (κ3) is 4.51. The van der Waals surface area contributed by atoms with E-state index in [-0.39, 0.29) is 17.5 Å². The molecule has 0 saturated carbocycles. The highest BCUT2D eigenvalue weighted by atomic mass is 19.3. The molecule has 37 heavy (non-hydrogen) atoms. The predicted octanol–water partition coefficient (Wildman–Crippen LogP) is 6.15. The van der Waals surface area contributed by atoms with E-state index in [1.165, 1.54) is 12.1 Å². The van der Waals surface area contributed by atoms with Gasteiger partial charge in [-0.1, -0.05) is 24.3 Å². The minimum atomic E-state index is -2.90. The molecule has 2 atom stereocenters. The number of hydrogen-bond donors (Lipinski definition) is 1. The SMILES string of the molecule is CC(=O)N1CCC(c2cc3c(N[C@H](C)c4cccc(C(F)F)c4F)nc(C)nc3c3c2OCC3)=C[C@@H]1C. The number of rotatable bonds is 5. The number of benzene rings is 2. The normalized spacial score (nSPS) is 18.0. The number of nitrogens with zero attached hydrogens (tertiary/aromatic N) is 3. The minimum absolute atomic E-state index is 0.0373. The van der Waals surface area contributed by atoms with Gasteiger partial charge in [0.1, 0.15) is 23.2 Å². The fourth-order valence-electron chi connectivity index (χ4n) is 5.36. The number of anilines is 1. The zero-order valence-corrected chi connectivity index (χ0v) is 21.2. The first-order valence-electron chi connectivity index (χ1n) is 12.4. The average molecular weight is 511 g/mol. The predicted molar refractivity (Wildman–Crippen MR) is 136 cm³/mol. The fraction of sp³-hybridized carbons (Fsp3) is 0.393. The van der Waals surface area contributed by atoms with Crippen LogP contribution in [-0.2, 0) is 11.2 Å². The Labute approximate surface area is 213 Å². The molecule has 0 fully saturated rings. The van der Waals surface area contributed by atoms with Crippen LogP contribution in [0.25, 0.3) is 16.5 Å². The summed E-state index contributed by atoms with van der Waals surface area (Å²) in [5.41, 5.74) is 3.28. The molecule has 194 valence electrons. The number of halogens is 3. The highest BCUT2D eigenvalue weighted by Gasteiger charge is 2.28. The molecule has 2 aliphatic rings. The number of hydrogen-bond acceptors (Lipinski definition) is 5. The standard InChI is InChI=1S/C28H29F3N4O2/c1-14-12-18(8-10-35(14)17(4)36)22-13-23-25(21-9-11-37-26(21)22)33-16(3)34-28(23)32-15(2)19-6-5-7-20(24(19)29)27(30)31/h5-7,12-15,27H,8-11H2,1-4H3,(H,32,33,34)/t14-,15+/m0/s1. The van der Waals surface area contributed by atoms with E-state index in [0.717, 1.165) is 39.4 Å². The molecule has 1 amide bonds. The van der Waals surface area contributed by atoms with Crippen molar-refractivity contribution in [3.8, 4) is 5.75 Å². The van der Waals surface area contributed by atoms with Gasteiger partial charge in [0.15, 0.2) is 0 Å². The largest absolute Gasteiger partial charge is 0.492 e. The maximum Gasteiger partial charge on any atom is 0.266 e. The number of fused-ring (bicyclic) bond motifs is 3. The van der Waals surface area contributed by atoms with Crippen molar-refractivity contribution in [2.24, 2.45) is 0 Å². The molecule has 6 nitrogen and oxygen atoms in total. The molecule has 1 aromatic heterocycles. The molecule has 0 saturated heterocycles. The second-order valence-corrected chi connectivity index (χ2v) is 9.66. The zero-order valence-electron chi connectivity index (χ0n) is 21.2. The quantitative estimate of drug-likeness (QED) is 0.446. The molecule has 3 heterocycles. The first-order valence-corrected chi connectivity index (χ1v) is 12.4. The van der Waals surface area contributed by atoms with Crippen molar-refractivity contribution < 1.29 is 22.7 Å². The van der Waals surface area contributed by atoms with Crippen LogP contribution in [0.1, 0.15) is 67.7 Å². The van der Waals surface area contributed by atoms with Crippen molar-refractivity contribution in [1.82, 2.24) is 14.9 Å². The molecule has 2 aromatic carbocycles. The summed E-state index contributed by atoms with van der Waals surface area (Å²) in [6.07, 6.45) is 0.565. The third-order valence-electron chi connectivity index (χ3n) is 7.17. The third-order valence-corrected chi connectivity index (χ3v) is 7.17. The Morgan fingerprint density at radius 1 is 1.22 bits per heavy atom. The minimum Gasteiger partial charge on any atom is -0.492 e. The van der Waals surface area contributed by atoms with Crippen molar-refractivity contribution in [2.45, 2.75) is 59.0 Å². The maximum absolute atomic E-state index is 14.9. The lowest BCUT2D eigenvalue weighted by molar-refractivity contribution is -0.130. The second kappa shape index (κ2) is 9.68. The number of amides is 1. The van der Waals surface area contributed by atoms with E-state index in [1.807, 2.05) is 17.9 Å². The van der Waals surface area contributed by atoms with Crippen LogP contribution in [0.3, 0.4) is 0 Å². The monoisotopic (exact) mass is 510 g/mol. The van der Waals surface area contributed by atoms with Crippen molar-refractivity contribution in [3.63, 3.8) is 0 Å². The van der Waals surface area contributed by atoms with Crippen LogP contribution in [0, 0.1) is 12.7 Å². The first kappa shape index (κ1) is 25.0. The van der Waals surface area contributed by atoms with Crippen molar-refractivity contribution >= 4 is 28.2 Å². The number of ether oxygens (including phenoxy) is 1. The van der Waals surface area contributed by atoms with Gasteiger partial charge in [0, 0.05) is 48.0 Å². The van der Waals surface area contributed by atoms with Gasteiger partial charge in [0.25, 0.3) is 6.43 Å². The Morgan fingerprint density at radius 2 is 1.97 bits per heavy atom. The number of aromatic nitrogens is 2. The molecule has 0 aliphatic carbocycles. The lowest BCUT2D eigenvalue weighted by Crippen LogP contribution is -2.39. The number of alkyl halides is 2. The number of carbonyl (C=O) groups is 1. The Morgan fingerprint density at radius 3 is 2.68 bits per heavy atom. The van der Waals surface area contributed by atoms with E-state index in [2.05, 4.69) is 16.4 Å². The van der Waals surface area contributed by atoms with Gasteiger partial charge in [-0.3, -0.25) is 4.79 Å². The molecular weight excluding hydrogens is 481 g/mol. The van der Waals surface area contributed by atoms with E-state index in [0.29, 0.717) is 37.6 Å². The Kier molecular flexibility index (Phi) is 6.56. The number of nitrogens with one attached hydrogen (secondary N) is 1. The van der Waals surface area contributed by atoms with Crippen LogP contribution < -0.4 is 10.1 Å². The Hall–Kier alpha value is -3.62. The van der Waals surface area contributed by atoms with Gasteiger partial charge in [-0.2, -0.15) is 0 Å². The van der Waals surface area contributed by atoms with E-state index in [1.54, 1.807) is 20.8 Å². The van der Waals surface area contributed by atoms with Crippen LogP contribution in [0.5, 0.6) is 5.75 Å². The van der Waals surface area contributed by atoms with Gasteiger partial charge in [-0.15, -0.1) is 0 Å². The van der Waals surface area contributed by atoms with E-state index in [4.69, 9.17) is 9.72 Å². The highest BCUT2D eigenvalue weighted by molar-refractivity contribution is 5.97. The molecule has 5 rings (SSSR count). The molecule has 9 heteroatoms. The van der Waals surface area contributed by atoms with Gasteiger partial charge in [-0.25, -0.2) is 23.1 Å². The molecule has 0 spiro atoms. The maximum atomic E-state index is 14.9. The van der Waals surface area contributed by atoms with E-state index >= 15 is 0 Å². The fourth-order valence-corrected chi connectivity index (χ4v) is 5.36. The molecule has 2 aliphatic heterocycles. The van der Waals surface area contributed by atoms with Gasteiger partial charge in [-0.05, 0) is 38.8 Å². The highest BCUT2D eigenvalue weighted by Crippen LogP contribution is 2.43. The van der Waals surface area contributed by atoms with Crippen LogP contribution in [0.2, 0.25) is 0 Å². The summed E-state index contributed by atoms with van der Waals surface area (Å²) in [5, 5.41) is 4.01. The summed E-state index contributed by atoms with van der Waals surface area (Å²) in [5.74, 6) is 0.959. The molecule has 0 unspecified atom stereocenters. The van der Waals surface area contributed by atoms with E-state index < -0.39 is 23.8 Å². The van der Waals surface area contributed by atoms with Gasteiger partial charge in [0.2, 0.25) is 5.91 Å². The average Bonchev–Trinajstić information content (AvgIpc) is 3.33. The Balaban J connectivity index is 1.60. The summed E-state index contributed by atoms with van der Waals surface area (Å²) in [6.45, 7) is 8.22. The lowest BCUT2D eigenvalue weighted by atomic mass is 9.92. The van der Waals surface area contributed by atoms with E-state index in [9.17, 15) is 18.0 Å². The smallest absolute Gasteiger partial charge is 0.266 e. The topological polar surface area (TPSA) is 67.4 Å². The summed E-state index contributed by atoms with van der Waals surface area (Å²) in [6, 6.07) is 5.35. The van der Waals surface area contributed by atoms with Crippen molar-refractivity contribution in [1.29, 1.82) is 0 Å². The molecule has 3 aromatic rings. The van der Waals surface area contributed by atoms with Crippen LogP contribution in [-0.4, -0.2) is 40.0 Å². The van der Waals surface area contributed by atoms with Crippen LogP contribution in [0.4, 0.5) is 19.0 Å². The van der Waals surface area contributed by atoms with Crippen molar-refractivity contribution in [2.75, 3.05) is 18.5 Å².